The highest BCUT2D eigenvalue weighted by Crippen LogP contribution is 2.19. The van der Waals surface area contributed by atoms with E-state index in [1.54, 1.807) is 48.5 Å². The molecular weight excluding hydrogens is 380 g/mol. The number of rotatable bonds is 10. The minimum atomic E-state index is -0.271. The molecule has 3 rings (SSSR count). The van der Waals surface area contributed by atoms with Gasteiger partial charge >= 0.3 is 0 Å². The van der Waals surface area contributed by atoms with Crippen molar-refractivity contribution in [2.45, 2.75) is 45.1 Å². The zero-order valence-electron chi connectivity index (χ0n) is 17.5. The fourth-order valence-corrected chi connectivity index (χ4v) is 3.34. The van der Waals surface area contributed by atoms with E-state index in [-0.39, 0.29) is 17.9 Å². The highest BCUT2D eigenvalue weighted by molar-refractivity contribution is 6.09. The molecule has 0 aliphatic carbocycles. The summed E-state index contributed by atoms with van der Waals surface area (Å²) >= 11 is 0. The molecule has 1 aliphatic heterocycles. The van der Waals surface area contributed by atoms with E-state index < -0.39 is 0 Å². The molecule has 1 heterocycles. The van der Waals surface area contributed by atoms with Crippen molar-refractivity contribution in [1.82, 2.24) is 5.32 Å². The van der Waals surface area contributed by atoms with Gasteiger partial charge in [0.15, 0.2) is 0 Å². The lowest BCUT2D eigenvalue weighted by Crippen LogP contribution is -2.32. The van der Waals surface area contributed by atoms with Crippen LogP contribution in [-0.4, -0.2) is 37.7 Å². The van der Waals surface area contributed by atoms with Crippen molar-refractivity contribution in [1.29, 1.82) is 0 Å². The van der Waals surface area contributed by atoms with Gasteiger partial charge in [-0.05, 0) is 55.7 Å². The molecule has 1 atom stereocenters. The SMILES string of the molecule is CCCCCOc1ccc(C(=O)Nc2ccccc2C(=O)NC[C@H]2CCCO2)cc1. The van der Waals surface area contributed by atoms with Crippen LogP contribution in [0.15, 0.2) is 48.5 Å². The molecule has 1 fully saturated rings. The van der Waals surface area contributed by atoms with E-state index >= 15 is 0 Å². The van der Waals surface area contributed by atoms with Gasteiger partial charge in [-0.1, -0.05) is 31.9 Å². The predicted molar refractivity (Wildman–Crippen MR) is 117 cm³/mol. The molecule has 2 amide bonds. The molecule has 0 spiro atoms. The summed E-state index contributed by atoms with van der Waals surface area (Å²) in [5.41, 5.74) is 1.41. The fraction of sp³-hybridized carbons (Fsp3) is 0.417. The van der Waals surface area contributed by atoms with Crippen LogP contribution in [0.1, 0.15) is 59.7 Å². The van der Waals surface area contributed by atoms with Crippen LogP contribution in [0.25, 0.3) is 0 Å². The van der Waals surface area contributed by atoms with Gasteiger partial charge in [-0.15, -0.1) is 0 Å². The lowest BCUT2D eigenvalue weighted by molar-refractivity contribution is 0.0858. The maximum absolute atomic E-state index is 12.7. The van der Waals surface area contributed by atoms with Crippen LogP contribution in [0.3, 0.4) is 0 Å². The largest absolute Gasteiger partial charge is 0.494 e. The van der Waals surface area contributed by atoms with Crippen molar-refractivity contribution in [3.8, 4) is 5.75 Å². The van der Waals surface area contributed by atoms with E-state index in [1.807, 2.05) is 0 Å². The van der Waals surface area contributed by atoms with Gasteiger partial charge in [-0.3, -0.25) is 9.59 Å². The topological polar surface area (TPSA) is 76.7 Å². The maximum Gasteiger partial charge on any atom is 0.255 e. The summed E-state index contributed by atoms with van der Waals surface area (Å²) in [6.45, 7) is 4.05. The Kier molecular flexibility index (Phi) is 8.27. The summed E-state index contributed by atoms with van der Waals surface area (Å²) in [6, 6.07) is 14.0. The van der Waals surface area contributed by atoms with Gasteiger partial charge in [0.25, 0.3) is 11.8 Å². The van der Waals surface area contributed by atoms with Crippen LogP contribution in [0, 0.1) is 0 Å². The van der Waals surface area contributed by atoms with Gasteiger partial charge in [0, 0.05) is 18.7 Å². The van der Waals surface area contributed by atoms with Gasteiger partial charge in [-0.25, -0.2) is 0 Å². The first-order valence-electron chi connectivity index (χ1n) is 10.7. The minimum absolute atomic E-state index is 0.0680. The Hall–Kier alpha value is -2.86. The number of nitrogens with one attached hydrogen (secondary N) is 2. The molecule has 1 saturated heterocycles. The molecule has 2 N–H and O–H groups in total. The molecule has 2 aromatic rings. The number of carbonyl (C=O) groups excluding carboxylic acids is 2. The molecule has 0 unspecified atom stereocenters. The third kappa shape index (κ3) is 6.32. The zero-order valence-corrected chi connectivity index (χ0v) is 17.5. The van der Waals surface area contributed by atoms with Crippen molar-refractivity contribution in [2.24, 2.45) is 0 Å². The highest BCUT2D eigenvalue weighted by Gasteiger charge is 2.18. The maximum atomic E-state index is 12.7. The van der Waals surface area contributed by atoms with E-state index in [0.717, 1.165) is 44.5 Å². The Bertz CT molecular complexity index is 829. The molecule has 2 aromatic carbocycles. The Morgan fingerprint density at radius 3 is 2.60 bits per heavy atom. The number of ether oxygens (including phenoxy) is 2. The molecule has 0 bridgehead atoms. The number of hydrogen-bond acceptors (Lipinski definition) is 4. The van der Waals surface area contributed by atoms with E-state index in [9.17, 15) is 9.59 Å². The van der Waals surface area contributed by atoms with Crippen molar-refractivity contribution in [3.63, 3.8) is 0 Å². The number of hydrogen-bond donors (Lipinski definition) is 2. The van der Waals surface area contributed by atoms with Gasteiger partial charge in [0.1, 0.15) is 5.75 Å². The summed E-state index contributed by atoms with van der Waals surface area (Å²) in [5, 5.41) is 5.74. The molecule has 0 radical (unpaired) electrons. The lowest BCUT2D eigenvalue weighted by atomic mass is 10.1. The average molecular weight is 411 g/mol. The van der Waals surface area contributed by atoms with E-state index in [0.29, 0.717) is 30.0 Å². The monoisotopic (exact) mass is 410 g/mol. The molecule has 6 heteroatoms. The molecule has 0 saturated carbocycles. The van der Waals surface area contributed by atoms with Crippen molar-refractivity contribution < 1.29 is 19.1 Å². The molecule has 0 aromatic heterocycles. The highest BCUT2D eigenvalue weighted by atomic mass is 16.5. The molecule has 160 valence electrons. The Balaban J connectivity index is 1.57. The Morgan fingerprint density at radius 2 is 1.87 bits per heavy atom. The number of unbranched alkanes of at least 4 members (excludes halogenated alkanes) is 2. The number of para-hydroxylation sites is 1. The molecular formula is C24H30N2O4. The summed E-state index contributed by atoms with van der Waals surface area (Å²) in [7, 11) is 0. The summed E-state index contributed by atoms with van der Waals surface area (Å²) in [4.78, 5) is 25.3. The van der Waals surface area contributed by atoms with Crippen molar-refractivity contribution in [2.75, 3.05) is 25.1 Å². The van der Waals surface area contributed by atoms with Crippen LogP contribution in [0.2, 0.25) is 0 Å². The number of carbonyl (C=O) groups is 2. The Labute approximate surface area is 178 Å². The van der Waals surface area contributed by atoms with Crippen LogP contribution < -0.4 is 15.4 Å². The Morgan fingerprint density at radius 1 is 1.07 bits per heavy atom. The summed E-state index contributed by atoms with van der Waals surface area (Å²) in [5.74, 6) is 0.251. The van der Waals surface area contributed by atoms with Crippen LogP contribution in [0.5, 0.6) is 5.75 Å². The molecule has 6 nitrogen and oxygen atoms in total. The van der Waals surface area contributed by atoms with Gasteiger partial charge in [0.2, 0.25) is 0 Å². The minimum Gasteiger partial charge on any atom is -0.494 e. The second kappa shape index (κ2) is 11.4. The quantitative estimate of drug-likeness (QED) is 0.569. The first kappa shape index (κ1) is 21.8. The second-order valence-corrected chi connectivity index (χ2v) is 7.42. The number of anilines is 1. The molecule has 30 heavy (non-hydrogen) atoms. The van der Waals surface area contributed by atoms with E-state index in [2.05, 4.69) is 17.6 Å². The first-order valence-corrected chi connectivity index (χ1v) is 10.7. The third-order valence-corrected chi connectivity index (χ3v) is 5.07. The standard InChI is InChI=1S/C24H30N2O4/c1-2-3-6-15-29-19-13-11-18(12-14-19)23(27)26-22-10-5-4-9-21(22)24(28)25-17-20-8-7-16-30-20/h4-5,9-14,20H,2-3,6-8,15-17H2,1H3,(H,25,28)(H,26,27)/t20-/m1/s1. The summed E-state index contributed by atoms with van der Waals surface area (Å²) in [6.07, 6.45) is 5.35. The van der Waals surface area contributed by atoms with Crippen LogP contribution in [-0.2, 0) is 4.74 Å². The van der Waals surface area contributed by atoms with Crippen LogP contribution in [0.4, 0.5) is 5.69 Å². The van der Waals surface area contributed by atoms with E-state index in [4.69, 9.17) is 9.47 Å². The van der Waals surface area contributed by atoms with Crippen LogP contribution >= 0.6 is 0 Å². The lowest BCUT2D eigenvalue weighted by Gasteiger charge is -2.14. The van der Waals surface area contributed by atoms with E-state index in [1.165, 1.54) is 0 Å². The fourth-order valence-electron chi connectivity index (χ4n) is 3.34. The smallest absolute Gasteiger partial charge is 0.255 e. The number of amides is 2. The summed E-state index contributed by atoms with van der Waals surface area (Å²) < 4.78 is 11.2. The normalized spacial score (nSPS) is 15.6. The second-order valence-electron chi connectivity index (χ2n) is 7.42. The van der Waals surface area contributed by atoms with Gasteiger partial charge < -0.3 is 20.1 Å². The van der Waals surface area contributed by atoms with Gasteiger partial charge in [-0.2, -0.15) is 0 Å². The van der Waals surface area contributed by atoms with Gasteiger partial charge in [0.05, 0.1) is 24.0 Å². The predicted octanol–water partition coefficient (Wildman–Crippen LogP) is 4.42. The third-order valence-electron chi connectivity index (χ3n) is 5.07. The first-order chi connectivity index (χ1) is 14.7. The molecule has 1 aliphatic rings. The average Bonchev–Trinajstić information content (AvgIpc) is 3.29. The van der Waals surface area contributed by atoms with Crippen molar-refractivity contribution >= 4 is 17.5 Å². The number of benzene rings is 2. The zero-order chi connectivity index (χ0) is 21.2. The van der Waals surface area contributed by atoms with Crippen molar-refractivity contribution in [3.05, 3.63) is 59.7 Å².